The standard InChI is InChI=1S/C30H24N6O2/c1-36(2)17-10-11-23-24(16-17)34-29(33-23)22-9-5-8-21-26(22)18-6-3-4-7-19(18)27(21)35-30(37)38-25-13-15-32-28-20(25)12-14-31-28/h3-16,27H,1-2H3,(H,31,32)(H,33,34)(H,35,37)/t27-/m1/s1. The minimum absolute atomic E-state index is 0.359. The third-order valence-electron chi connectivity index (χ3n) is 7.07. The molecule has 3 aromatic carbocycles. The van der Waals surface area contributed by atoms with E-state index in [1.807, 2.05) is 56.6 Å². The molecule has 1 atom stereocenters. The fourth-order valence-corrected chi connectivity index (χ4v) is 5.28. The number of aromatic nitrogens is 4. The fourth-order valence-electron chi connectivity index (χ4n) is 5.28. The SMILES string of the molecule is CN(C)c1ccc2nc(-c3cccc4c3-c3ccccc3[C@H]4NC(=O)Oc3ccnc4[nH]ccc34)[nH]c2c1. The lowest BCUT2D eigenvalue weighted by Gasteiger charge is -2.16. The number of imidazole rings is 1. The Labute approximate surface area is 218 Å². The lowest BCUT2D eigenvalue weighted by Crippen LogP contribution is -2.30. The molecule has 7 rings (SSSR count). The quantitative estimate of drug-likeness (QED) is 0.274. The molecule has 0 saturated carbocycles. The zero-order valence-corrected chi connectivity index (χ0v) is 20.8. The molecule has 0 unspecified atom stereocenters. The number of carbonyl (C=O) groups is 1. The lowest BCUT2D eigenvalue weighted by atomic mass is 9.99. The van der Waals surface area contributed by atoms with Crippen LogP contribution in [0.2, 0.25) is 0 Å². The number of carbonyl (C=O) groups excluding carboxylic acids is 1. The molecule has 6 aromatic rings. The molecule has 1 aliphatic rings. The van der Waals surface area contributed by atoms with Gasteiger partial charge < -0.3 is 24.9 Å². The first-order chi connectivity index (χ1) is 18.6. The molecule has 0 bridgehead atoms. The topological polar surface area (TPSA) is 98.9 Å². The first-order valence-corrected chi connectivity index (χ1v) is 12.4. The highest BCUT2D eigenvalue weighted by Crippen LogP contribution is 2.47. The van der Waals surface area contributed by atoms with E-state index in [9.17, 15) is 4.79 Å². The van der Waals surface area contributed by atoms with Crippen LogP contribution < -0.4 is 15.0 Å². The first-order valence-electron chi connectivity index (χ1n) is 12.4. The third-order valence-corrected chi connectivity index (χ3v) is 7.07. The van der Waals surface area contributed by atoms with Crippen LogP contribution in [0.3, 0.4) is 0 Å². The summed E-state index contributed by atoms with van der Waals surface area (Å²) in [4.78, 5) is 30.9. The fraction of sp³-hybridized carbons (Fsp3) is 0.100. The van der Waals surface area contributed by atoms with E-state index in [0.29, 0.717) is 11.4 Å². The van der Waals surface area contributed by atoms with Crippen LogP contribution >= 0.6 is 0 Å². The van der Waals surface area contributed by atoms with Crippen LogP contribution in [0.25, 0.3) is 44.6 Å². The normalized spacial score (nSPS) is 13.9. The molecule has 8 heteroatoms. The molecule has 0 saturated heterocycles. The summed E-state index contributed by atoms with van der Waals surface area (Å²) >= 11 is 0. The largest absolute Gasteiger partial charge is 0.413 e. The van der Waals surface area contributed by atoms with Gasteiger partial charge in [0.25, 0.3) is 0 Å². The van der Waals surface area contributed by atoms with E-state index in [2.05, 4.69) is 49.4 Å². The Bertz CT molecular complexity index is 1850. The van der Waals surface area contributed by atoms with Gasteiger partial charge >= 0.3 is 6.09 Å². The van der Waals surface area contributed by atoms with Crippen molar-refractivity contribution in [3.8, 4) is 28.3 Å². The highest BCUT2D eigenvalue weighted by atomic mass is 16.6. The van der Waals surface area contributed by atoms with E-state index in [1.54, 1.807) is 18.5 Å². The zero-order chi connectivity index (χ0) is 25.8. The third kappa shape index (κ3) is 3.49. The molecule has 3 N–H and O–H groups in total. The molecule has 3 aromatic heterocycles. The van der Waals surface area contributed by atoms with Crippen molar-refractivity contribution in [3.05, 3.63) is 96.3 Å². The van der Waals surface area contributed by atoms with E-state index in [-0.39, 0.29) is 6.04 Å². The van der Waals surface area contributed by atoms with Gasteiger partial charge in [-0.05, 0) is 46.5 Å². The van der Waals surface area contributed by atoms with Crippen molar-refractivity contribution in [2.24, 2.45) is 0 Å². The van der Waals surface area contributed by atoms with Gasteiger partial charge in [0.1, 0.15) is 17.2 Å². The Morgan fingerprint density at radius 2 is 1.82 bits per heavy atom. The minimum atomic E-state index is -0.531. The summed E-state index contributed by atoms with van der Waals surface area (Å²) < 4.78 is 5.73. The number of aromatic amines is 2. The van der Waals surface area contributed by atoms with Gasteiger partial charge in [-0.2, -0.15) is 0 Å². The number of rotatable bonds is 4. The van der Waals surface area contributed by atoms with Crippen molar-refractivity contribution >= 4 is 33.8 Å². The number of anilines is 1. The average Bonchev–Trinajstić information content (AvgIpc) is 3.65. The highest BCUT2D eigenvalue weighted by Gasteiger charge is 2.32. The summed E-state index contributed by atoms with van der Waals surface area (Å²) in [6, 6.07) is 23.6. The maximum absolute atomic E-state index is 13.1. The molecule has 8 nitrogen and oxygen atoms in total. The van der Waals surface area contributed by atoms with E-state index >= 15 is 0 Å². The van der Waals surface area contributed by atoms with Crippen LogP contribution in [-0.2, 0) is 0 Å². The van der Waals surface area contributed by atoms with Gasteiger partial charge in [-0.3, -0.25) is 0 Å². The molecule has 0 aliphatic heterocycles. The summed E-state index contributed by atoms with van der Waals surface area (Å²) in [6.07, 6.45) is 2.85. The Morgan fingerprint density at radius 3 is 2.71 bits per heavy atom. The van der Waals surface area contributed by atoms with Crippen LogP contribution in [0.4, 0.5) is 10.5 Å². The van der Waals surface area contributed by atoms with Crippen LogP contribution in [0.5, 0.6) is 5.75 Å². The van der Waals surface area contributed by atoms with E-state index in [4.69, 9.17) is 9.72 Å². The van der Waals surface area contributed by atoms with Crippen molar-refractivity contribution in [2.45, 2.75) is 6.04 Å². The smallest absolute Gasteiger partial charge is 0.409 e. The van der Waals surface area contributed by atoms with Gasteiger partial charge in [0.05, 0.1) is 22.5 Å². The van der Waals surface area contributed by atoms with Crippen molar-refractivity contribution in [2.75, 3.05) is 19.0 Å². The Morgan fingerprint density at radius 1 is 0.974 bits per heavy atom. The van der Waals surface area contributed by atoms with Gasteiger partial charge in [-0.15, -0.1) is 0 Å². The first kappa shape index (κ1) is 22.1. The number of hydrogen-bond donors (Lipinski definition) is 3. The van der Waals surface area contributed by atoms with Gasteiger partial charge in [-0.1, -0.05) is 42.5 Å². The lowest BCUT2D eigenvalue weighted by molar-refractivity contribution is 0.198. The van der Waals surface area contributed by atoms with Crippen molar-refractivity contribution < 1.29 is 9.53 Å². The second kappa shape index (κ2) is 8.48. The van der Waals surface area contributed by atoms with Crippen LogP contribution in [0.15, 0.2) is 85.2 Å². The van der Waals surface area contributed by atoms with Gasteiger partial charge in [0.2, 0.25) is 0 Å². The minimum Gasteiger partial charge on any atom is -0.409 e. The average molecular weight is 501 g/mol. The maximum atomic E-state index is 13.1. The molecule has 186 valence electrons. The molecule has 0 radical (unpaired) electrons. The van der Waals surface area contributed by atoms with Gasteiger partial charge in [0, 0.05) is 43.8 Å². The van der Waals surface area contributed by atoms with Crippen molar-refractivity contribution in [1.82, 2.24) is 25.3 Å². The number of H-pyrrole nitrogens is 2. The van der Waals surface area contributed by atoms with Gasteiger partial charge in [0.15, 0.2) is 0 Å². The number of nitrogens with one attached hydrogen (secondary N) is 3. The zero-order valence-electron chi connectivity index (χ0n) is 20.8. The summed E-state index contributed by atoms with van der Waals surface area (Å²) in [5.41, 5.74) is 8.76. The number of fused-ring (bicyclic) bond motifs is 5. The Balaban J connectivity index is 1.27. The second-order valence-corrected chi connectivity index (χ2v) is 9.55. The second-order valence-electron chi connectivity index (χ2n) is 9.55. The van der Waals surface area contributed by atoms with Crippen LogP contribution in [-0.4, -0.2) is 40.1 Å². The molecule has 38 heavy (non-hydrogen) atoms. The number of benzene rings is 3. The predicted molar refractivity (Wildman–Crippen MR) is 148 cm³/mol. The summed E-state index contributed by atoms with van der Waals surface area (Å²) in [7, 11) is 4.04. The number of pyridine rings is 1. The van der Waals surface area contributed by atoms with Crippen LogP contribution in [0, 0.1) is 0 Å². The number of nitrogens with zero attached hydrogens (tertiary/aromatic N) is 3. The van der Waals surface area contributed by atoms with E-state index < -0.39 is 6.09 Å². The Hall–Kier alpha value is -5.11. The Kier molecular flexibility index (Phi) is 4.94. The number of ether oxygens (including phenoxy) is 1. The van der Waals surface area contributed by atoms with Gasteiger partial charge in [-0.25, -0.2) is 14.8 Å². The molecule has 1 aliphatic carbocycles. The van der Waals surface area contributed by atoms with E-state index in [1.165, 1.54) is 0 Å². The van der Waals surface area contributed by atoms with E-state index in [0.717, 1.165) is 55.7 Å². The summed E-state index contributed by atoms with van der Waals surface area (Å²) in [5, 5.41) is 3.84. The summed E-state index contributed by atoms with van der Waals surface area (Å²) in [5.74, 6) is 1.24. The number of amides is 1. The predicted octanol–water partition coefficient (Wildman–Crippen LogP) is 6.03. The summed E-state index contributed by atoms with van der Waals surface area (Å²) in [6.45, 7) is 0. The molecular weight excluding hydrogens is 476 g/mol. The van der Waals surface area contributed by atoms with Crippen molar-refractivity contribution in [1.29, 1.82) is 0 Å². The molecule has 0 fully saturated rings. The molecule has 0 spiro atoms. The molecular formula is C30H24N6O2. The molecule has 1 amide bonds. The monoisotopic (exact) mass is 500 g/mol. The highest BCUT2D eigenvalue weighted by molar-refractivity contribution is 5.93. The van der Waals surface area contributed by atoms with Crippen molar-refractivity contribution in [3.63, 3.8) is 0 Å². The maximum Gasteiger partial charge on any atom is 0.413 e. The van der Waals surface area contributed by atoms with Crippen LogP contribution in [0.1, 0.15) is 17.2 Å². The number of hydrogen-bond acceptors (Lipinski definition) is 5. The molecule has 3 heterocycles.